The lowest BCUT2D eigenvalue weighted by Crippen LogP contribution is -2.39. The molecule has 1 fully saturated rings. The van der Waals surface area contributed by atoms with Crippen LogP contribution in [0.15, 0.2) is 52.1 Å². The van der Waals surface area contributed by atoms with Gasteiger partial charge in [0.1, 0.15) is 5.75 Å². The van der Waals surface area contributed by atoms with Crippen LogP contribution in [0.25, 0.3) is 10.9 Å². The van der Waals surface area contributed by atoms with Gasteiger partial charge in [-0.2, -0.15) is 0 Å². The molecule has 3 aromatic rings. The second-order valence-corrected chi connectivity index (χ2v) is 8.92. The van der Waals surface area contributed by atoms with Crippen molar-refractivity contribution >= 4 is 16.8 Å². The predicted molar refractivity (Wildman–Crippen MR) is 133 cm³/mol. The van der Waals surface area contributed by atoms with Crippen molar-refractivity contribution in [3.05, 3.63) is 74.4 Å². The fourth-order valence-electron chi connectivity index (χ4n) is 4.53. The minimum Gasteiger partial charge on any atom is -0.497 e. The van der Waals surface area contributed by atoms with Gasteiger partial charge >= 0.3 is 5.69 Å². The molecule has 2 aromatic carbocycles. The zero-order valence-electron chi connectivity index (χ0n) is 19.8. The largest absolute Gasteiger partial charge is 0.497 e. The van der Waals surface area contributed by atoms with Crippen molar-refractivity contribution in [2.24, 2.45) is 0 Å². The van der Waals surface area contributed by atoms with Crippen LogP contribution in [0.3, 0.4) is 0 Å². The number of piperidine rings is 1. The van der Waals surface area contributed by atoms with Crippen molar-refractivity contribution < 1.29 is 9.53 Å². The molecule has 1 amide bonds. The fraction of sp³-hybridized carbons (Fsp3) is 0.423. The quantitative estimate of drug-likeness (QED) is 0.500. The van der Waals surface area contributed by atoms with E-state index in [-0.39, 0.29) is 12.5 Å². The molecule has 4 rings (SSSR count). The summed E-state index contributed by atoms with van der Waals surface area (Å²) in [6.45, 7) is 5.09. The highest BCUT2D eigenvalue weighted by molar-refractivity contribution is 5.97. The molecule has 0 bridgehead atoms. The average molecular weight is 465 g/mol. The molecule has 0 saturated carbocycles. The number of benzene rings is 2. The zero-order chi connectivity index (χ0) is 24.1. The van der Waals surface area contributed by atoms with E-state index in [0.717, 1.165) is 29.6 Å². The van der Waals surface area contributed by atoms with Crippen molar-refractivity contribution in [3.8, 4) is 5.75 Å². The van der Waals surface area contributed by atoms with Crippen LogP contribution in [0.4, 0.5) is 0 Å². The van der Waals surface area contributed by atoms with Crippen molar-refractivity contribution in [2.75, 3.05) is 26.7 Å². The number of methoxy groups -OCH3 is 1. The number of hydrogen-bond acceptors (Lipinski definition) is 5. The normalized spacial score (nSPS) is 16.5. The van der Waals surface area contributed by atoms with Gasteiger partial charge in [0.25, 0.3) is 11.5 Å². The third kappa shape index (κ3) is 5.39. The molecule has 1 aliphatic heterocycles. The Labute approximate surface area is 198 Å². The second kappa shape index (κ2) is 10.7. The van der Waals surface area contributed by atoms with Crippen LogP contribution in [0.2, 0.25) is 0 Å². The molecule has 1 saturated heterocycles. The molecule has 1 unspecified atom stereocenters. The van der Waals surface area contributed by atoms with E-state index in [0.29, 0.717) is 34.8 Å². The van der Waals surface area contributed by atoms with Crippen LogP contribution in [0.5, 0.6) is 5.75 Å². The Morgan fingerprint density at radius 2 is 1.94 bits per heavy atom. The minimum atomic E-state index is -0.512. The van der Waals surface area contributed by atoms with Crippen LogP contribution in [-0.4, -0.2) is 53.1 Å². The molecule has 180 valence electrons. The highest BCUT2D eigenvalue weighted by Gasteiger charge is 2.17. The van der Waals surface area contributed by atoms with Gasteiger partial charge in [-0.05, 0) is 68.6 Å². The number of fused-ring (bicyclic) bond motifs is 1. The SMILES string of the molecule is COc1ccc(Cn2c(=O)[nH]c3cc(C(=O)NCCCN4CCCCC4C)ccc3c2=O)cc1. The maximum absolute atomic E-state index is 13.0. The zero-order valence-corrected chi connectivity index (χ0v) is 19.8. The Kier molecular flexibility index (Phi) is 7.47. The number of nitrogens with one attached hydrogen (secondary N) is 2. The predicted octanol–water partition coefficient (Wildman–Crippen LogP) is 2.74. The lowest BCUT2D eigenvalue weighted by Gasteiger charge is -2.33. The Bertz CT molecular complexity index is 1260. The molecule has 1 aliphatic rings. The molecule has 2 N–H and O–H groups in total. The summed E-state index contributed by atoms with van der Waals surface area (Å²) in [5.74, 6) is 0.493. The Balaban J connectivity index is 1.42. The minimum absolute atomic E-state index is 0.145. The molecule has 0 aliphatic carbocycles. The Morgan fingerprint density at radius 3 is 2.68 bits per heavy atom. The van der Waals surface area contributed by atoms with Crippen molar-refractivity contribution in [1.29, 1.82) is 0 Å². The summed E-state index contributed by atoms with van der Waals surface area (Å²) < 4.78 is 6.30. The average Bonchev–Trinajstić information content (AvgIpc) is 2.85. The monoisotopic (exact) mass is 464 g/mol. The van der Waals surface area contributed by atoms with Gasteiger partial charge in [0, 0.05) is 24.7 Å². The first-order chi connectivity index (χ1) is 16.5. The summed E-state index contributed by atoms with van der Waals surface area (Å²) >= 11 is 0. The summed E-state index contributed by atoms with van der Waals surface area (Å²) in [6.07, 6.45) is 4.67. The summed E-state index contributed by atoms with van der Waals surface area (Å²) in [4.78, 5) is 43.4. The van der Waals surface area contributed by atoms with Crippen LogP contribution < -0.4 is 21.3 Å². The molecule has 1 atom stereocenters. The number of carbonyl (C=O) groups excluding carboxylic acids is 1. The lowest BCUT2D eigenvalue weighted by atomic mass is 10.0. The standard InChI is InChI=1S/C26H32N4O4/c1-18-6-3-4-14-29(18)15-5-13-27-24(31)20-9-12-22-23(16-20)28-26(33)30(25(22)32)17-19-7-10-21(34-2)11-8-19/h7-12,16,18H,3-6,13-15,17H2,1-2H3,(H,27,31)(H,28,33). The van der Waals surface area contributed by atoms with Crippen LogP contribution in [-0.2, 0) is 6.54 Å². The number of rotatable bonds is 8. The second-order valence-electron chi connectivity index (χ2n) is 8.92. The topological polar surface area (TPSA) is 96.4 Å². The van der Waals surface area contributed by atoms with Crippen LogP contribution in [0.1, 0.15) is 48.5 Å². The first kappa shape index (κ1) is 23.8. The van der Waals surface area contributed by atoms with E-state index in [1.54, 1.807) is 37.4 Å². The Morgan fingerprint density at radius 1 is 1.15 bits per heavy atom. The molecule has 2 heterocycles. The number of nitrogens with zero attached hydrogens (tertiary/aromatic N) is 2. The number of aromatic amines is 1. The van der Waals surface area contributed by atoms with E-state index in [9.17, 15) is 14.4 Å². The number of hydrogen-bond donors (Lipinski definition) is 2. The van der Waals surface area contributed by atoms with E-state index in [1.165, 1.54) is 19.3 Å². The number of ether oxygens (including phenoxy) is 1. The van der Waals surface area contributed by atoms with Crippen molar-refractivity contribution in [2.45, 2.75) is 45.2 Å². The fourth-order valence-corrected chi connectivity index (χ4v) is 4.53. The van der Waals surface area contributed by atoms with Gasteiger partial charge in [-0.15, -0.1) is 0 Å². The molecular weight excluding hydrogens is 432 g/mol. The van der Waals surface area contributed by atoms with Crippen LogP contribution >= 0.6 is 0 Å². The molecule has 0 spiro atoms. The summed E-state index contributed by atoms with van der Waals surface area (Å²) in [5.41, 5.74) is 0.680. The first-order valence-corrected chi connectivity index (χ1v) is 11.9. The number of aromatic nitrogens is 2. The first-order valence-electron chi connectivity index (χ1n) is 11.9. The van der Waals surface area contributed by atoms with Crippen molar-refractivity contribution in [3.63, 3.8) is 0 Å². The van der Waals surface area contributed by atoms with Gasteiger partial charge in [-0.3, -0.25) is 14.2 Å². The smallest absolute Gasteiger partial charge is 0.329 e. The maximum atomic E-state index is 13.0. The van der Waals surface area contributed by atoms with E-state index >= 15 is 0 Å². The maximum Gasteiger partial charge on any atom is 0.329 e. The molecule has 1 aromatic heterocycles. The number of carbonyl (C=O) groups is 1. The van der Waals surface area contributed by atoms with Gasteiger partial charge in [-0.25, -0.2) is 4.79 Å². The third-order valence-electron chi connectivity index (χ3n) is 6.59. The highest BCUT2D eigenvalue weighted by atomic mass is 16.5. The number of likely N-dealkylation sites (tertiary alicyclic amines) is 1. The Hall–Kier alpha value is -3.39. The van der Waals surface area contributed by atoms with E-state index in [4.69, 9.17) is 4.74 Å². The molecule has 8 nitrogen and oxygen atoms in total. The number of amides is 1. The van der Waals surface area contributed by atoms with E-state index < -0.39 is 11.2 Å². The van der Waals surface area contributed by atoms with E-state index in [2.05, 4.69) is 22.1 Å². The third-order valence-corrected chi connectivity index (χ3v) is 6.59. The number of H-pyrrole nitrogens is 1. The highest BCUT2D eigenvalue weighted by Crippen LogP contribution is 2.16. The summed E-state index contributed by atoms with van der Waals surface area (Å²) in [5, 5.41) is 3.31. The van der Waals surface area contributed by atoms with Gasteiger partial charge in [0.05, 0.1) is 24.6 Å². The van der Waals surface area contributed by atoms with Crippen LogP contribution in [0, 0.1) is 0 Å². The molecule has 8 heteroatoms. The van der Waals surface area contributed by atoms with Gasteiger partial charge in [0.2, 0.25) is 0 Å². The van der Waals surface area contributed by atoms with Gasteiger partial charge < -0.3 is 19.9 Å². The summed E-state index contributed by atoms with van der Waals surface area (Å²) in [6, 6.07) is 12.6. The van der Waals surface area contributed by atoms with Gasteiger partial charge in [0.15, 0.2) is 0 Å². The van der Waals surface area contributed by atoms with E-state index in [1.807, 2.05) is 12.1 Å². The van der Waals surface area contributed by atoms with Crippen molar-refractivity contribution in [1.82, 2.24) is 19.8 Å². The van der Waals surface area contributed by atoms with Gasteiger partial charge in [-0.1, -0.05) is 18.6 Å². The molecule has 34 heavy (non-hydrogen) atoms. The lowest BCUT2D eigenvalue weighted by molar-refractivity contribution is 0.0949. The summed E-state index contributed by atoms with van der Waals surface area (Å²) in [7, 11) is 1.58. The molecular formula is C26H32N4O4. The molecule has 0 radical (unpaired) electrons.